The maximum absolute atomic E-state index is 11.2. The van der Waals surface area contributed by atoms with Gasteiger partial charge < -0.3 is 14.9 Å². The Kier molecular flexibility index (Phi) is 5.28. The van der Waals surface area contributed by atoms with Crippen LogP contribution >= 0.6 is 0 Å². The van der Waals surface area contributed by atoms with Gasteiger partial charge in [0.2, 0.25) is 0 Å². The standard InChI is InChI=1S/C26H28N6O3/c1-31-13-21(11-29-31)18-3-2-4-19(7-18)24-27-9-20(10-28-24)22-12-30-32(14-22)23-5-6-25(15-33)16-35-17-26(25,34)8-23/h2-4,7,9-14,23,33-34H,5-6,8,15-17H2,1H3/t23?,25-,26+/m0/s1. The van der Waals surface area contributed by atoms with Crippen molar-refractivity contribution < 1.29 is 14.9 Å². The molecule has 6 rings (SSSR count). The Labute approximate surface area is 203 Å². The van der Waals surface area contributed by atoms with Gasteiger partial charge in [0.25, 0.3) is 0 Å². The Hall–Kier alpha value is -3.40. The van der Waals surface area contributed by atoms with E-state index in [1.807, 2.05) is 67.1 Å². The minimum atomic E-state index is -1.02. The maximum atomic E-state index is 11.2. The molecular weight excluding hydrogens is 444 g/mol. The van der Waals surface area contributed by atoms with Crippen LogP contribution in [0.2, 0.25) is 0 Å². The van der Waals surface area contributed by atoms with Gasteiger partial charge in [-0.05, 0) is 24.5 Å². The second-order valence-electron chi connectivity index (χ2n) is 9.85. The second-order valence-corrected chi connectivity index (χ2v) is 9.85. The molecule has 2 fully saturated rings. The van der Waals surface area contributed by atoms with Gasteiger partial charge in [-0.15, -0.1) is 0 Å². The molecule has 2 aliphatic rings. The predicted molar refractivity (Wildman–Crippen MR) is 129 cm³/mol. The summed E-state index contributed by atoms with van der Waals surface area (Å²) in [6.07, 6.45) is 13.3. The van der Waals surface area contributed by atoms with Crippen molar-refractivity contribution >= 4 is 0 Å². The molecule has 0 bridgehead atoms. The van der Waals surface area contributed by atoms with Crippen molar-refractivity contribution in [2.75, 3.05) is 19.8 Å². The molecule has 0 amide bonds. The van der Waals surface area contributed by atoms with Crippen LogP contribution in [0.3, 0.4) is 0 Å². The monoisotopic (exact) mass is 472 g/mol. The number of aliphatic hydroxyl groups is 2. The Balaban J connectivity index is 1.20. The molecule has 1 unspecified atom stereocenters. The van der Waals surface area contributed by atoms with E-state index in [0.717, 1.165) is 34.2 Å². The lowest BCUT2D eigenvalue weighted by Gasteiger charge is -2.46. The first-order valence-electron chi connectivity index (χ1n) is 11.9. The van der Waals surface area contributed by atoms with E-state index in [1.165, 1.54) is 0 Å². The lowest BCUT2D eigenvalue weighted by Crippen LogP contribution is -2.54. The van der Waals surface area contributed by atoms with Crippen molar-refractivity contribution in [1.82, 2.24) is 29.5 Å². The van der Waals surface area contributed by atoms with Crippen molar-refractivity contribution in [3.05, 3.63) is 61.4 Å². The molecule has 1 aliphatic carbocycles. The smallest absolute Gasteiger partial charge is 0.159 e. The van der Waals surface area contributed by atoms with E-state index in [-0.39, 0.29) is 19.3 Å². The lowest BCUT2D eigenvalue weighted by molar-refractivity contribution is -0.114. The zero-order valence-corrected chi connectivity index (χ0v) is 19.6. The van der Waals surface area contributed by atoms with Crippen LogP contribution < -0.4 is 0 Å². The van der Waals surface area contributed by atoms with Crippen LogP contribution in [0.1, 0.15) is 25.3 Å². The summed E-state index contributed by atoms with van der Waals surface area (Å²) in [5.41, 5.74) is 3.28. The molecule has 2 N–H and O–H groups in total. The third-order valence-electron chi connectivity index (χ3n) is 7.66. The fourth-order valence-electron chi connectivity index (χ4n) is 5.44. The summed E-state index contributed by atoms with van der Waals surface area (Å²) in [6.45, 7) is 0.608. The quantitative estimate of drug-likeness (QED) is 0.459. The van der Waals surface area contributed by atoms with Gasteiger partial charge in [0, 0.05) is 65.9 Å². The average molecular weight is 473 g/mol. The minimum absolute atomic E-state index is 0.0468. The van der Waals surface area contributed by atoms with Crippen LogP contribution in [0.5, 0.6) is 0 Å². The number of benzene rings is 1. The SMILES string of the molecule is Cn1cc(-c2cccc(-c3ncc(-c4cnn(C5CC[C@]6(CO)COC[C@]6(O)C5)c4)cn3)c2)cn1. The van der Waals surface area contributed by atoms with Gasteiger partial charge in [-0.2, -0.15) is 10.2 Å². The number of rotatable bonds is 5. The molecule has 1 aromatic carbocycles. The molecular formula is C26H28N6O3. The Morgan fingerprint density at radius 3 is 2.51 bits per heavy atom. The van der Waals surface area contributed by atoms with Crippen LogP contribution in [0.15, 0.2) is 61.4 Å². The molecule has 1 saturated heterocycles. The highest BCUT2D eigenvalue weighted by atomic mass is 16.5. The van der Waals surface area contributed by atoms with Crippen LogP contribution in [-0.4, -0.2) is 65.2 Å². The van der Waals surface area contributed by atoms with Crippen molar-refractivity contribution in [1.29, 1.82) is 0 Å². The van der Waals surface area contributed by atoms with Gasteiger partial charge in [-0.1, -0.05) is 18.2 Å². The van der Waals surface area contributed by atoms with E-state index in [4.69, 9.17) is 4.74 Å². The number of hydrogen-bond donors (Lipinski definition) is 2. The van der Waals surface area contributed by atoms with Gasteiger partial charge >= 0.3 is 0 Å². The normalized spacial score (nSPS) is 26.1. The summed E-state index contributed by atoms with van der Waals surface area (Å²) in [5, 5.41) is 30.0. The first kappa shape index (κ1) is 22.1. The Morgan fingerprint density at radius 2 is 1.74 bits per heavy atom. The fraction of sp³-hybridized carbons (Fsp3) is 0.385. The first-order valence-corrected chi connectivity index (χ1v) is 11.9. The van der Waals surface area contributed by atoms with Crippen LogP contribution in [0.25, 0.3) is 33.6 Å². The van der Waals surface area contributed by atoms with E-state index in [2.05, 4.69) is 26.2 Å². The highest BCUT2D eigenvalue weighted by Crippen LogP contribution is 2.51. The predicted octanol–water partition coefficient (Wildman–Crippen LogP) is 2.87. The van der Waals surface area contributed by atoms with Gasteiger partial charge in [0.1, 0.15) is 0 Å². The summed E-state index contributed by atoms with van der Waals surface area (Å²) in [6, 6.07) is 8.16. The number of aryl methyl sites for hydroxylation is 1. The number of nitrogens with zero attached hydrogens (tertiary/aromatic N) is 6. The van der Waals surface area contributed by atoms with E-state index in [9.17, 15) is 10.2 Å². The summed E-state index contributed by atoms with van der Waals surface area (Å²) >= 11 is 0. The molecule has 180 valence electrons. The van der Waals surface area contributed by atoms with Crippen molar-refractivity contribution in [3.63, 3.8) is 0 Å². The third kappa shape index (κ3) is 3.76. The van der Waals surface area contributed by atoms with E-state index >= 15 is 0 Å². The van der Waals surface area contributed by atoms with E-state index < -0.39 is 11.0 Å². The fourth-order valence-corrected chi connectivity index (χ4v) is 5.44. The lowest BCUT2D eigenvalue weighted by atomic mass is 9.64. The molecule has 3 aromatic heterocycles. The molecule has 3 atom stereocenters. The highest BCUT2D eigenvalue weighted by molar-refractivity contribution is 5.70. The van der Waals surface area contributed by atoms with E-state index in [1.54, 1.807) is 4.68 Å². The topological polar surface area (TPSA) is 111 Å². The summed E-state index contributed by atoms with van der Waals surface area (Å²) in [4.78, 5) is 9.22. The summed E-state index contributed by atoms with van der Waals surface area (Å²) < 4.78 is 9.27. The van der Waals surface area contributed by atoms with Crippen molar-refractivity contribution in [2.45, 2.75) is 30.9 Å². The largest absolute Gasteiger partial charge is 0.396 e. The molecule has 9 heteroatoms. The molecule has 4 heterocycles. The summed E-state index contributed by atoms with van der Waals surface area (Å²) in [5.74, 6) is 0.656. The van der Waals surface area contributed by atoms with Gasteiger partial charge in [-0.3, -0.25) is 9.36 Å². The van der Waals surface area contributed by atoms with Crippen molar-refractivity contribution in [2.24, 2.45) is 12.5 Å². The maximum Gasteiger partial charge on any atom is 0.159 e. The van der Waals surface area contributed by atoms with E-state index in [0.29, 0.717) is 25.3 Å². The van der Waals surface area contributed by atoms with Gasteiger partial charge in [-0.25, -0.2) is 9.97 Å². The molecule has 1 saturated carbocycles. The number of ether oxygens (including phenoxy) is 1. The second kappa shape index (κ2) is 8.37. The average Bonchev–Trinajstić information content (AvgIpc) is 3.62. The first-order chi connectivity index (χ1) is 17.0. The minimum Gasteiger partial charge on any atom is -0.396 e. The van der Waals surface area contributed by atoms with Crippen molar-refractivity contribution in [3.8, 4) is 33.6 Å². The Morgan fingerprint density at radius 1 is 0.971 bits per heavy atom. The molecule has 0 radical (unpaired) electrons. The molecule has 4 aromatic rings. The van der Waals surface area contributed by atoms with Crippen LogP contribution in [0.4, 0.5) is 0 Å². The highest BCUT2D eigenvalue weighted by Gasteiger charge is 2.58. The van der Waals surface area contributed by atoms with Crippen LogP contribution in [-0.2, 0) is 11.8 Å². The zero-order chi connectivity index (χ0) is 24.0. The number of aromatic nitrogens is 6. The molecule has 1 aliphatic heterocycles. The number of aliphatic hydroxyl groups excluding tert-OH is 1. The number of fused-ring (bicyclic) bond motifs is 1. The Bertz CT molecular complexity index is 1350. The molecule has 35 heavy (non-hydrogen) atoms. The number of hydrogen-bond acceptors (Lipinski definition) is 7. The van der Waals surface area contributed by atoms with Gasteiger partial charge in [0.15, 0.2) is 5.82 Å². The van der Waals surface area contributed by atoms with Gasteiger partial charge in [0.05, 0.1) is 43.9 Å². The molecule has 9 nitrogen and oxygen atoms in total. The molecule has 0 spiro atoms. The zero-order valence-electron chi connectivity index (χ0n) is 19.6. The third-order valence-corrected chi connectivity index (χ3v) is 7.66. The van der Waals surface area contributed by atoms with Crippen LogP contribution in [0, 0.1) is 5.41 Å². The summed E-state index contributed by atoms with van der Waals surface area (Å²) in [7, 11) is 1.90.